The second-order valence-corrected chi connectivity index (χ2v) is 11.4. The molecule has 4 heteroatoms. The van der Waals surface area contributed by atoms with Crippen molar-refractivity contribution >= 4 is 17.4 Å². The Morgan fingerprint density at radius 1 is 0.842 bits per heavy atom. The molecule has 0 amide bonds. The zero-order valence-corrected chi connectivity index (χ0v) is 24.1. The Morgan fingerprint density at radius 3 is 2.03 bits per heavy atom. The van der Waals surface area contributed by atoms with E-state index in [2.05, 4.69) is 98.9 Å². The van der Waals surface area contributed by atoms with Crippen molar-refractivity contribution in [2.45, 2.75) is 46.5 Å². The summed E-state index contributed by atoms with van der Waals surface area (Å²) in [5.41, 5.74) is 8.92. The van der Waals surface area contributed by atoms with Crippen LogP contribution in [0.4, 0.5) is 0 Å². The van der Waals surface area contributed by atoms with Gasteiger partial charge in [-0.1, -0.05) is 74.0 Å². The molecule has 0 aliphatic heterocycles. The molecule has 4 aromatic rings. The molecule has 0 saturated carbocycles. The fourth-order valence-corrected chi connectivity index (χ4v) is 5.07. The lowest BCUT2D eigenvalue weighted by Gasteiger charge is -2.18. The lowest BCUT2D eigenvalue weighted by molar-refractivity contribution is 0.0978. The summed E-state index contributed by atoms with van der Waals surface area (Å²) in [5.74, 6) is 0.795. The summed E-state index contributed by atoms with van der Waals surface area (Å²) < 4.78 is 2.35. The third kappa shape index (κ3) is 6.83. The quantitative estimate of drug-likeness (QED) is 0.144. The fraction of sp³-hybridized carbons (Fsp3) is 0.324. The number of carbonyl (C=O) groups excluding carboxylic acids is 1. The minimum absolute atomic E-state index is 0.213. The molecule has 0 bridgehead atoms. The van der Waals surface area contributed by atoms with Crippen LogP contribution in [0.25, 0.3) is 28.2 Å². The maximum atomic E-state index is 12.8. The molecule has 0 N–H and O–H groups in total. The Labute approximate surface area is 233 Å². The van der Waals surface area contributed by atoms with Crippen LogP contribution in [0.15, 0.2) is 78.9 Å². The van der Waals surface area contributed by atoms with Crippen LogP contribution in [0.5, 0.6) is 0 Å². The Morgan fingerprint density at radius 2 is 1.45 bits per heavy atom. The van der Waals surface area contributed by atoms with E-state index in [0.29, 0.717) is 12.3 Å². The van der Waals surface area contributed by atoms with Crippen LogP contribution < -0.4 is 0 Å². The van der Waals surface area contributed by atoms with Crippen molar-refractivity contribution < 1.29 is 4.79 Å². The predicted octanol–water partition coefficient (Wildman–Crippen LogP) is 8.89. The maximum absolute atomic E-state index is 12.8. The van der Waals surface area contributed by atoms with Gasteiger partial charge >= 0.3 is 0 Å². The monoisotopic (exact) mass is 526 g/mol. The molecule has 0 spiro atoms. The number of Topliss-reactive ketones (excluding diaryl/α,β-unsaturated/α-hetero) is 1. The van der Waals surface area contributed by atoms with Gasteiger partial charge in [0, 0.05) is 22.7 Å². The number of benzene rings is 3. The first-order valence-corrected chi connectivity index (χ1v) is 14.0. The lowest BCUT2D eigenvalue weighted by atomic mass is 10.00. The van der Waals surface area contributed by atoms with Crippen LogP contribution in [0.3, 0.4) is 0 Å². The number of nitrogens with zero attached hydrogens (tertiary/aromatic N) is 2. The summed E-state index contributed by atoms with van der Waals surface area (Å²) in [7, 11) is 4.13. The van der Waals surface area contributed by atoms with Gasteiger partial charge in [0.25, 0.3) is 0 Å². The summed E-state index contributed by atoms with van der Waals surface area (Å²) in [5, 5.41) is 0.726. The normalized spacial score (nSPS) is 11.5. The van der Waals surface area contributed by atoms with E-state index < -0.39 is 0 Å². The van der Waals surface area contributed by atoms with E-state index in [1.165, 1.54) is 16.8 Å². The van der Waals surface area contributed by atoms with E-state index in [4.69, 9.17) is 11.6 Å². The molecular weight excluding hydrogens is 488 g/mol. The van der Waals surface area contributed by atoms with Crippen LogP contribution >= 0.6 is 11.6 Å². The molecule has 1 heterocycles. The molecule has 0 aliphatic carbocycles. The highest BCUT2D eigenvalue weighted by atomic mass is 35.5. The number of ketones is 1. The average molecular weight is 527 g/mol. The number of hydrogen-bond acceptors (Lipinski definition) is 2. The highest BCUT2D eigenvalue weighted by Crippen LogP contribution is 2.35. The molecule has 0 fully saturated rings. The number of halogens is 1. The van der Waals surface area contributed by atoms with E-state index >= 15 is 0 Å². The molecule has 0 unspecified atom stereocenters. The van der Waals surface area contributed by atoms with Crippen LogP contribution in [0.2, 0.25) is 5.02 Å². The molecule has 3 nitrogen and oxygen atoms in total. The van der Waals surface area contributed by atoms with E-state index in [0.717, 1.165) is 58.9 Å². The van der Waals surface area contributed by atoms with Gasteiger partial charge in [0.15, 0.2) is 5.78 Å². The topological polar surface area (TPSA) is 25.2 Å². The second kappa shape index (κ2) is 12.6. The summed E-state index contributed by atoms with van der Waals surface area (Å²) >= 11 is 6.21. The van der Waals surface area contributed by atoms with E-state index in [-0.39, 0.29) is 5.78 Å². The highest BCUT2D eigenvalue weighted by Gasteiger charge is 2.17. The first-order valence-electron chi connectivity index (χ1n) is 13.6. The van der Waals surface area contributed by atoms with E-state index in [1.807, 2.05) is 24.3 Å². The van der Waals surface area contributed by atoms with Crippen molar-refractivity contribution in [3.05, 3.63) is 101 Å². The summed E-state index contributed by atoms with van der Waals surface area (Å²) in [6.45, 7) is 7.69. The minimum Gasteiger partial charge on any atom is -0.309 e. The van der Waals surface area contributed by atoms with Crippen molar-refractivity contribution in [2.75, 3.05) is 20.6 Å². The Bertz CT molecular complexity index is 1360. The molecule has 0 atom stereocenters. The van der Waals surface area contributed by atoms with Gasteiger partial charge in [0.2, 0.25) is 0 Å². The van der Waals surface area contributed by atoms with Gasteiger partial charge in [-0.2, -0.15) is 0 Å². The molecule has 0 saturated heterocycles. The number of unbranched alkanes of at least 4 members (excludes halogenated alkanes) is 1. The highest BCUT2D eigenvalue weighted by molar-refractivity contribution is 6.30. The van der Waals surface area contributed by atoms with Crippen LogP contribution in [-0.2, 0) is 6.42 Å². The molecule has 198 valence electrons. The molecule has 38 heavy (non-hydrogen) atoms. The van der Waals surface area contributed by atoms with Gasteiger partial charge in [-0.25, -0.2) is 0 Å². The Kier molecular flexibility index (Phi) is 9.25. The zero-order chi connectivity index (χ0) is 27.2. The van der Waals surface area contributed by atoms with Gasteiger partial charge in [-0.3, -0.25) is 4.79 Å². The summed E-state index contributed by atoms with van der Waals surface area (Å²) in [4.78, 5) is 14.9. The molecular formula is C34H39ClN2O. The van der Waals surface area contributed by atoms with Crippen LogP contribution in [0.1, 0.15) is 54.6 Å². The third-order valence-electron chi connectivity index (χ3n) is 6.94. The number of aromatic nitrogens is 1. The van der Waals surface area contributed by atoms with Gasteiger partial charge in [0.1, 0.15) is 0 Å². The van der Waals surface area contributed by atoms with Crippen molar-refractivity contribution in [3.63, 3.8) is 0 Å². The third-order valence-corrected chi connectivity index (χ3v) is 7.19. The van der Waals surface area contributed by atoms with Gasteiger partial charge in [-0.15, -0.1) is 0 Å². The van der Waals surface area contributed by atoms with Gasteiger partial charge in [-0.05, 0) is 105 Å². The van der Waals surface area contributed by atoms with Crippen molar-refractivity contribution in [3.8, 4) is 28.2 Å². The summed E-state index contributed by atoms with van der Waals surface area (Å²) in [6.07, 6.45) is 3.57. The van der Waals surface area contributed by atoms with Gasteiger partial charge in [0.05, 0.1) is 11.4 Å². The lowest BCUT2D eigenvalue weighted by Crippen LogP contribution is -2.13. The largest absolute Gasteiger partial charge is 0.309 e. The second-order valence-electron chi connectivity index (χ2n) is 10.9. The van der Waals surface area contributed by atoms with Crippen molar-refractivity contribution in [1.82, 2.24) is 9.47 Å². The predicted molar refractivity (Wildman–Crippen MR) is 162 cm³/mol. The first kappa shape index (κ1) is 27.9. The molecule has 4 rings (SSSR count). The maximum Gasteiger partial charge on any atom is 0.162 e. The molecule has 0 aliphatic rings. The first-order chi connectivity index (χ1) is 18.2. The minimum atomic E-state index is 0.213. The molecule has 3 aromatic carbocycles. The van der Waals surface area contributed by atoms with Crippen molar-refractivity contribution in [2.24, 2.45) is 5.92 Å². The number of hydrogen-bond donors (Lipinski definition) is 0. The van der Waals surface area contributed by atoms with E-state index in [9.17, 15) is 4.79 Å². The summed E-state index contributed by atoms with van der Waals surface area (Å²) in [6, 6.07) is 27.3. The standard InChI is InChI=1S/C34H39ClN2O/c1-24(2)22-26-10-9-25(3)33(23-26)37-31(19-20-32(37)28-15-17-30(35)18-16-28)27-11-13-29(14-12-27)34(38)8-6-7-21-36(4)5/h9-20,23-24H,6-8,21-22H2,1-5H3. The number of rotatable bonds is 11. The zero-order valence-electron chi connectivity index (χ0n) is 23.3. The Balaban J connectivity index is 1.72. The average Bonchev–Trinajstić information content (AvgIpc) is 3.32. The smallest absolute Gasteiger partial charge is 0.162 e. The van der Waals surface area contributed by atoms with Crippen LogP contribution in [0, 0.1) is 12.8 Å². The number of carbonyl (C=O) groups is 1. The SMILES string of the molecule is Cc1ccc(CC(C)C)cc1-n1c(-c2ccc(Cl)cc2)ccc1-c1ccc(C(=O)CCCCN(C)C)cc1. The fourth-order valence-electron chi connectivity index (χ4n) is 4.95. The van der Waals surface area contributed by atoms with Crippen LogP contribution in [-0.4, -0.2) is 35.9 Å². The Hall–Kier alpha value is -3.14. The molecule has 0 radical (unpaired) electrons. The van der Waals surface area contributed by atoms with E-state index in [1.54, 1.807) is 0 Å². The molecule has 1 aromatic heterocycles. The number of aryl methyl sites for hydroxylation is 1. The van der Waals surface area contributed by atoms with Crippen molar-refractivity contribution in [1.29, 1.82) is 0 Å². The van der Waals surface area contributed by atoms with Gasteiger partial charge < -0.3 is 9.47 Å².